The number of ether oxygens (including phenoxy) is 1. The molecule has 0 aromatic heterocycles. The van der Waals surface area contributed by atoms with Crippen LogP contribution >= 0.6 is 0 Å². The molecule has 0 heterocycles. The monoisotopic (exact) mass is 327 g/mol. The van der Waals surface area contributed by atoms with E-state index >= 15 is 0 Å². The molecule has 0 aliphatic rings. The van der Waals surface area contributed by atoms with Crippen molar-refractivity contribution in [1.82, 2.24) is 5.32 Å². The topological polar surface area (TPSA) is 92.7 Å². The van der Waals surface area contributed by atoms with Crippen molar-refractivity contribution in [3.8, 4) is 0 Å². The van der Waals surface area contributed by atoms with Crippen molar-refractivity contribution in [3.05, 3.63) is 71.8 Å². The molecule has 6 nitrogen and oxygen atoms in total. The highest BCUT2D eigenvalue weighted by atomic mass is 16.5. The third-order valence-electron chi connectivity index (χ3n) is 3.25. The van der Waals surface area contributed by atoms with Gasteiger partial charge in [0.2, 0.25) is 0 Å². The first-order valence-corrected chi connectivity index (χ1v) is 7.34. The lowest BCUT2D eigenvalue weighted by Crippen LogP contribution is -2.42. The number of esters is 1. The number of carbonyl (C=O) groups excluding carboxylic acids is 2. The van der Waals surface area contributed by atoms with E-state index in [0.717, 1.165) is 5.56 Å². The van der Waals surface area contributed by atoms with E-state index in [-0.39, 0.29) is 6.61 Å². The minimum Gasteiger partial charge on any atom is -0.480 e. The second kappa shape index (κ2) is 8.47. The maximum atomic E-state index is 12.0. The van der Waals surface area contributed by atoms with E-state index in [1.54, 1.807) is 42.5 Å². The number of hydrogen-bond acceptors (Lipinski definition) is 4. The molecule has 1 atom stereocenters. The molecule has 0 saturated carbocycles. The molecule has 1 amide bonds. The van der Waals surface area contributed by atoms with Gasteiger partial charge in [0.15, 0.2) is 0 Å². The van der Waals surface area contributed by atoms with Crippen molar-refractivity contribution in [3.63, 3.8) is 0 Å². The molecule has 2 rings (SSSR count). The van der Waals surface area contributed by atoms with Crippen LogP contribution in [0.4, 0.5) is 0 Å². The normalized spacial score (nSPS) is 11.3. The van der Waals surface area contributed by atoms with Crippen LogP contribution in [-0.4, -0.2) is 29.0 Å². The number of benzene rings is 2. The molecule has 6 heteroatoms. The lowest BCUT2D eigenvalue weighted by molar-refractivity contribution is -0.150. The Kier molecular flexibility index (Phi) is 6.08. The summed E-state index contributed by atoms with van der Waals surface area (Å²) in [4.78, 5) is 35.1. The molecule has 0 unspecified atom stereocenters. The Morgan fingerprint density at radius 1 is 0.958 bits per heavy atom. The summed E-state index contributed by atoms with van der Waals surface area (Å²) < 4.78 is 5.04. The zero-order valence-electron chi connectivity index (χ0n) is 12.8. The summed E-state index contributed by atoms with van der Waals surface area (Å²) in [6.45, 7) is 0.0542. The molecule has 0 radical (unpaired) electrons. The number of carbonyl (C=O) groups is 3. The quantitative estimate of drug-likeness (QED) is 0.759. The Morgan fingerprint density at radius 2 is 1.54 bits per heavy atom. The fraction of sp³-hybridized carbons (Fsp3) is 0.167. The van der Waals surface area contributed by atoms with Crippen LogP contribution in [0.5, 0.6) is 0 Å². The van der Waals surface area contributed by atoms with Crippen LogP contribution in [-0.2, 0) is 20.9 Å². The van der Waals surface area contributed by atoms with Crippen LogP contribution in [0.1, 0.15) is 22.3 Å². The van der Waals surface area contributed by atoms with Crippen LogP contribution in [0, 0.1) is 0 Å². The van der Waals surface area contributed by atoms with E-state index in [1.165, 1.54) is 0 Å². The number of rotatable bonds is 7. The summed E-state index contributed by atoms with van der Waals surface area (Å²) in [6, 6.07) is 15.9. The highest BCUT2D eigenvalue weighted by Gasteiger charge is 2.24. The van der Waals surface area contributed by atoms with Gasteiger partial charge >= 0.3 is 11.9 Å². The maximum absolute atomic E-state index is 12.0. The number of amides is 1. The molecule has 0 aliphatic heterocycles. The van der Waals surface area contributed by atoms with Gasteiger partial charge in [0.25, 0.3) is 5.91 Å². The van der Waals surface area contributed by atoms with Gasteiger partial charge in [-0.2, -0.15) is 0 Å². The molecule has 0 bridgehead atoms. The van der Waals surface area contributed by atoms with Gasteiger partial charge in [-0.15, -0.1) is 0 Å². The third kappa shape index (κ3) is 5.24. The molecule has 2 aromatic rings. The molecule has 124 valence electrons. The van der Waals surface area contributed by atoms with Crippen molar-refractivity contribution in [2.75, 3.05) is 0 Å². The van der Waals surface area contributed by atoms with E-state index in [2.05, 4.69) is 5.32 Å². The van der Waals surface area contributed by atoms with Crippen LogP contribution in [0.15, 0.2) is 60.7 Å². The SMILES string of the molecule is O=C(C[C@H](NC(=O)c1ccccc1)C(=O)O)OCc1ccccc1. The highest BCUT2D eigenvalue weighted by Crippen LogP contribution is 2.05. The summed E-state index contributed by atoms with van der Waals surface area (Å²) in [5, 5.41) is 11.5. The lowest BCUT2D eigenvalue weighted by atomic mass is 10.1. The van der Waals surface area contributed by atoms with Gasteiger partial charge in [0.1, 0.15) is 12.6 Å². The second-order valence-corrected chi connectivity index (χ2v) is 5.08. The molecule has 24 heavy (non-hydrogen) atoms. The predicted octanol–water partition coefficient (Wildman–Crippen LogP) is 2.00. The van der Waals surface area contributed by atoms with Crippen molar-refractivity contribution < 1.29 is 24.2 Å². The average molecular weight is 327 g/mol. The first-order chi connectivity index (χ1) is 11.6. The third-order valence-corrected chi connectivity index (χ3v) is 3.25. The summed E-state index contributed by atoms with van der Waals surface area (Å²) >= 11 is 0. The Balaban J connectivity index is 1.89. The van der Waals surface area contributed by atoms with E-state index in [1.807, 2.05) is 18.2 Å². The minimum atomic E-state index is -1.35. The first-order valence-electron chi connectivity index (χ1n) is 7.34. The molecule has 0 aliphatic carbocycles. The molecule has 2 aromatic carbocycles. The number of hydrogen-bond donors (Lipinski definition) is 2. The van der Waals surface area contributed by atoms with E-state index in [4.69, 9.17) is 4.74 Å². The van der Waals surface area contributed by atoms with Gasteiger partial charge in [-0.1, -0.05) is 48.5 Å². The van der Waals surface area contributed by atoms with E-state index in [9.17, 15) is 19.5 Å². The largest absolute Gasteiger partial charge is 0.480 e. The lowest BCUT2D eigenvalue weighted by Gasteiger charge is -2.14. The molecule has 0 saturated heterocycles. The first kappa shape index (κ1) is 17.2. The van der Waals surface area contributed by atoms with Crippen LogP contribution < -0.4 is 5.32 Å². The van der Waals surface area contributed by atoms with Gasteiger partial charge in [-0.3, -0.25) is 9.59 Å². The molecular weight excluding hydrogens is 310 g/mol. The van der Waals surface area contributed by atoms with Crippen molar-refractivity contribution in [2.24, 2.45) is 0 Å². The van der Waals surface area contributed by atoms with Crippen molar-refractivity contribution >= 4 is 17.8 Å². The summed E-state index contributed by atoms with van der Waals surface area (Å²) in [6.07, 6.45) is -0.444. The Hall–Kier alpha value is -3.15. The number of nitrogens with one attached hydrogen (secondary N) is 1. The molecule has 0 spiro atoms. The van der Waals surface area contributed by atoms with Crippen molar-refractivity contribution in [2.45, 2.75) is 19.1 Å². The minimum absolute atomic E-state index is 0.0542. The van der Waals surface area contributed by atoms with Crippen LogP contribution in [0.3, 0.4) is 0 Å². The Labute approximate surface area is 139 Å². The fourth-order valence-corrected chi connectivity index (χ4v) is 1.99. The summed E-state index contributed by atoms with van der Waals surface area (Å²) in [5.74, 6) is -2.55. The molecule has 2 N–H and O–H groups in total. The zero-order chi connectivity index (χ0) is 17.4. The fourth-order valence-electron chi connectivity index (χ4n) is 1.99. The number of aliphatic carboxylic acids is 1. The number of carboxylic acids is 1. The maximum Gasteiger partial charge on any atom is 0.326 e. The highest BCUT2D eigenvalue weighted by molar-refractivity contribution is 5.97. The summed E-state index contributed by atoms with van der Waals surface area (Å²) in [5.41, 5.74) is 1.12. The van der Waals surface area contributed by atoms with Crippen LogP contribution in [0.25, 0.3) is 0 Å². The van der Waals surface area contributed by atoms with Gasteiger partial charge in [0.05, 0.1) is 6.42 Å². The molecular formula is C18H17NO5. The zero-order valence-corrected chi connectivity index (χ0v) is 12.8. The van der Waals surface area contributed by atoms with E-state index < -0.39 is 30.3 Å². The van der Waals surface area contributed by atoms with Gasteiger partial charge in [-0.25, -0.2) is 4.79 Å². The second-order valence-electron chi connectivity index (χ2n) is 5.08. The summed E-state index contributed by atoms with van der Waals surface area (Å²) in [7, 11) is 0. The van der Waals surface area contributed by atoms with Crippen molar-refractivity contribution in [1.29, 1.82) is 0 Å². The van der Waals surface area contributed by atoms with Gasteiger partial charge in [0, 0.05) is 5.56 Å². The molecule has 0 fully saturated rings. The Bertz CT molecular complexity index is 700. The van der Waals surface area contributed by atoms with E-state index in [0.29, 0.717) is 5.56 Å². The Morgan fingerprint density at radius 3 is 2.12 bits per heavy atom. The predicted molar refractivity (Wildman–Crippen MR) is 86.2 cm³/mol. The van der Waals surface area contributed by atoms with Gasteiger partial charge in [-0.05, 0) is 17.7 Å². The average Bonchev–Trinajstić information content (AvgIpc) is 2.61. The standard InChI is InChI=1S/C18H17NO5/c20-16(24-12-13-7-3-1-4-8-13)11-15(18(22)23)19-17(21)14-9-5-2-6-10-14/h1-10,15H,11-12H2,(H,19,21)(H,22,23)/t15-/m0/s1. The number of carboxylic acid groups (broad SMARTS) is 1. The van der Waals surface area contributed by atoms with Gasteiger partial charge < -0.3 is 15.2 Å². The smallest absolute Gasteiger partial charge is 0.326 e. The van der Waals surface area contributed by atoms with Crippen LogP contribution in [0.2, 0.25) is 0 Å².